The Hall–Kier alpha value is -2.17. The number of hydrogen-bond donors (Lipinski definition) is 2. The first-order valence-electron chi connectivity index (χ1n) is 7.37. The van der Waals surface area contributed by atoms with Crippen LogP contribution in [0.4, 0.5) is 17.2 Å². The summed E-state index contributed by atoms with van der Waals surface area (Å²) in [6.07, 6.45) is 1.00. The van der Waals surface area contributed by atoms with Crippen LogP contribution >= 0.6 is 0 Å². The molecule has 0 saturated heterocycles. The molecule has 2 rings (SSSR count). The van der Waals surface area contributed by atoms with Gasteiger partial charge in [-0.3, -0.25) is 0 Å². The first kappa shape index (κ1) is 15.2. The van der Waals surface area contributed by atoms with Gasteiger partial charge in [0, 0.05) is 11.7 Å². The molecule has 5 nitrogen and oxygen atoms in total. The third kappa shape index (κ3) is 3.48. The summed E-state index contributed by atoms with van der Waals surface area (Å²) >= 11 is 0. The van der Waals surface area contributed by atoms with E-state index in [-0.39, 0.29) is 6.04 Å². The zero-order valence-corrected chi connectivity index (χ0v) is 13.2. The van der Waals surface area contributed by atoms with E-state index in [1.165, 1.54) is 0 Å². The number of hydrogen-bond acceptors (Lipinski definition) is 4. The molecule has 0 amide bonds. The second-order valence-corrected chi connectivity index (χ2v) is 5.38. The fourth-order valence-electron chi connectivity index (χ4n) is 2.05. The van der Waals surface area contributed by atoms with E-state index >= 15 is 0 Å². The van der Waals surface area contributed by atoms with Gasteiger partial charge in [-0.25, -0.2) is 4.68 Å². The Morgan fingerprint density at radius 1 is 1.29 bits per heavy atom. The summed E-state index contributed by atoms with van der Waals surface area (Å²) in [5, 5.41) is 7.81. The Balaban J connectivity index is 2.18. The van der Waals surface area contributed by atoms with E-state index in [1.54, 1.807) is 0 Å². The van der Waals surface area contributed by atoms with E-state index < -0.39 is 0 Å². The fourth-order valence-corrected chi connectivity index (χ4v) is 2.05. The fraction of sp³-hybridized carbons (Fsp3) is 0.438. The summed E-state index contributed by atoms with van der Waals surface area (Å²) in [5.74, 6) is 1.72. The molecule has 1 aromatic carbocycles. The van der Waals surface area contributed by atoms with Crippen molar-refractivity contribution < 1.29 is 4.74 Å². The standard InChI is InChI=1S/C16H24N4O/c1-5-10-21-14-8-6-13(7-9-14)18-16-15(17)12(4)19-20(16)11(2)3/h6-9,11,18H,5,10,17H2,1-4H3. The predicted octanol–water partition coefficient (Wildman–Crippen LogP) is 3.89. The number of aromatic nitrogens is 2. The number of anilines is 3. The highest BCUT2D eigenvalue weighted by Gasteiger charge is 2.14. The van der Waals surface area contributed by atoms with Gasteiger partial charge in [0.1, 0.15) is 5.75 Å². The largest absolute Gasteiger partial charge is 0.494 e. The van der Waals surface area contributed by atoms with Crippen molar-refractivity contribution in [1.82, 2.24) is 9.78 Å². The minimum atomic E-state index is 0.246. The van der Waals surface area contributed by atoms with E-state index in [2.05, 4.69) is 31.2 Å². The van der Waals surface area contributed by atoms with Crippen molar-refractivity contribution in [2.24, 2.45) is 0 Å². The Kier molecular flexibility index (Phi) is 4.73. The molecule has 3 N–H and O–H groups in total. The Labute approximate surface area is 126 Å². The molecule has 2 aromatic rings. The summed E-state index contributed by atoms with van der Waals surface area (Å²) in [7, 11) is 0. The predicted molar refractivity (Wildman–Crippen MR) is 87.3 cm³/mol. The smallest absolute Gasteiger partial charge is 0.152 e. The molecule has 1 heterocycles. The highest BCUT2D eigenvalue weighted by Crippen LogP contribution is 2.29. The van der Waals surface area contributed by atoms with Gasteiger partial charge >= 0.3 is 0 Å². The maximum absolute atomic E-state index is 6.11. The third-order valence-electron chi connectivity index (χ3n) is 3.21. The summed E-state index contributed by atoms with van der Waals surface area (Å²) in [4.78, 5) is 0. The summed E-state index contributed by atoms with van der Waals surface area (Å²) < 4.78 is 7.49. The van der Waals surface area contributed by atoms with Gasteiger partial charge < -0.3 is 15.8 Å². The van der Waals surface area contributed by atoms with Crippen LogP contribution in [0.3, 0.4) is 0 Å². The molecule has 0 bridgehead atoms. The molecule has 0 spiro atoms. The zero-order chi connectivity index (χ0) is 15.4. The third-order valence-corrected chi connectivity index (χ3v) is 3.21. The first-order chi connectivity index (χ1) is 10.0. The van der Waals surface area contributed by atoms with Crippen molar-refractivity contribution in [1.29, 1.82) is 0 Å². The summed E-state index contributed by atoms with van der Waals surface area (Å²) in [6, 6.07) is 8.12. The van der Waals surface area contributed by atoms with Crippen LogP contribution in [0.1, 0.15) is 38.9 Å². The van der Waals surface area contributed by atoms with Crippen LogP contribution in [-0.4, -0.2) is 16.4 Å². The van der Waals surface area contributed by atoms with Crippen LogP contribution in [0, 0.1) is 6.92 Å². The molecule has 0 saturated carbocycles. The van der Waals surface area contributed by atoms with Crippen molar-refractivity contribution in [2.45, 2.75) is 40.2 Å². The number of rotatable bonds is 6. The second-order valence-electron chi connectivity index (χ2n) is 5.38. The number of nitrogens with two attached hydrogens (primary N) is 1. The average Bonchev–Trinajstić information content (AvgIpc) is 2.75. The molecule has 114 valence electrons. The first-order valence-corrected chi connectivity index (χ1v) is 7.37. The number of nitrogens with one attached hydrogen (secondary N) is 1. The van der Waals surface area contributed by atoms with Crippen LogP contribution in [0.25, 0.3) is 0 Å². The van der Waals surface area contributed by atoms with Crippen molar-refractivity contribution in [3.8, 4) is 5.75 Å². The Morgan fingerprint density at radius 3 is 2.52 bits per heavy atom. The van der Waals surface area contributed by atoms with E-state index in [9.17, 15) is 0 Å². The van der Waals surface area contributed by atoms with Crippen LogP contribution in [0.2, 0.25) is 0 Å². The van der Waals surface area contributed by atoms with Gasteiger partial charge in [-0.05, 0) is 51.5 Å². The maximum Gasteiger partial charge on any atom is 0.152 e. The van der Waals surface area contributed by atoms with Crippen LogP contribution in [0.5, 0.6) is 5.75 Å². The molecule has 0 unspecified atom stereocenters. The highest BCUT2D eigenvalue weighted by molar-refractivity contribution is 5.71. The van der Waals surface area contributed by atoms with Crippen molar-refractivity contribution in [2.75, 3.05) is 17.7 Å². The summed E-state index contributed by atoms with van der Waals surface area (Å²) in [5.41, 5.74) is 8.61. The van der Waals surface area contributed by atoms with Gasteiger partial charge in [0.25, 0.3) is 0 Å². The van der Waals surface area contributed by atoms with Gasteiger partial charge in [-0.1, -0.05) is 6.92 Å². The molecule has 0 aliphatic carbocycles. The van der Waals surface area contributed by atoms with Crippen LogP contribution < -0.4 is 15.8 Å². The quantitative estimate of drug-likeness (QED) is 0.846. The van der Waals surface area contributed by atoms with E-state index in [0.717, 1.165) is 36.0 Å². The lowest BCUT2D eigenvalue weighted by Crippen LogP contribution is -2.08. The van der Waals surface area contributed by atoms with E-state index in [1.807, 2.05) is 35.9 Å². The molecular weight excluding hydrogens is 264 g/mol. The topological polar surface area (TPSA) is 65.1 Å². The number of aryl methyl sites for hydroxylation is 1. The van der Waals surface area contributed by atoms with Gasteiger partial charge in [0.05, 0.1) is 18.0 Å². The zero-order valence-electron chi connectivity index (χ0n) is 13.2. The SMILES string of the molecule is CCCOc1ccc(Nc2c(N)c(C)nn2C(C)C)cc1. The molecule has 21 heavy (non-hydrogen) atoms. The lowest BCUT2D eigenvalue weighted by atomic mass is 10.3. The molecule has 0 aliphatic rings. The summed E-state index contributed by atoms with van der Waals surface area (Å²) in [6.45, 7) is 8.91. The maximum atomic E-state index is 6.11. The highest BCUT2D eigenvalue weighted by atomic mass is 16.5. The minimum absolute atomic E-state index is 0.246. The Bertz CT molecular complexity index is 587. The van der Waals surface area contributed by atoms with Gasteiger partial charge in [0.15, 0.2) is 5.82 Å². The van der Waals surface area contributed by atoms with E-state index in [0.29, 0.717) is 5.69 Å². The van der Waals surface area contributed by atoms with E-state index in [4.69, 9.17) is 10.5 Å². The van der Waals surface area contributed by atoms with Crippen molar-refractivity contribution >= 4 is 17.2 Å². The number of ether oxygens (including phenoxy) is 1. The number of nitrogen functional groups attached to an aromatic ring is 1. The minimum Gasteiger partial charge on any atom is -0.494 e. The van der Waals surface area contributed by atoms with Gasteiger partial charge in [-0.15, -0.1) is 0 Å². The number of benzene rings is 1. The van der Waals surface area contributed by atoms with Crippen LogP contribution in [0.15, 0.2) is 24.3 Å². The molecule has 0 fully saturated rings. The van der Waals surface area contributed by atoms with Gasteiger partial charge in [-0.2, -0.15) is 5.10 Å². The molecule has 0 atom stereocenters. The average molecular weight is 288 g/mol. The molecular formula is C16H24N4O. The lowest BCUT2D eigenvalue weighted by Gasteiger charge is -2.14. The lowest BCUT2D eigenvalue weighted by molar-refractivity contribution is 0.317. The Morgan fingerprint density at radius 2 is 1.95 bits per heavy atom. The molecule has 0 aliphatic heterocycles. The molecule has 0 radical (unpaired) electrons. The number of nitrogens with zero attached hydrogens (tertiary/aromatic N) is 2. The monoisotopic (exact) mass is 288 g/mol. The normalized spacial score (nSPS) is 10.9. The van der Waals surface area contributed by atoms with Crippen molar-refractivity contribution in [3.05, 3.63) is 30.0 Å². The molecule has 5 heteroatoms. The second kappa shape index (κ2) is 6.52. The van der Waals surface area contributed by atoms with Crippen LogP contribution in [-0.2, 0) is 0 Å². The molecule has 1 aromatic heterocycles. The van der Waals surface area contributed by atoms with Crippen molar-refractivity contribution in [3.63, 3.8) is 0 Å². The van der Waals surface area contributed by atoms with Gasteiger partial charge in [0.2, 0.25) is 0 Å².